The third-order valence-corrected chi connectivity index (χ3v) is 24.1. The Labute approximate surface area is 418 Å². The van der Waals surface area contributed by atoms with E-state index in [0.717, 1.165) is 20.7 Å². The van der Waals surface area contributed by atoms with Crippen LogP contribution < -0.4 is 20.7 Å². The Morgan fingerprint density at radius 3 is 1.38 bits per heavy atom. The van der Waals surface area contributed by atoms with Crippen LogP contribution in [0.3, 0.4) is 0 Å². The quantitative estimate of drug-likeness (QED) is 0.0568. The Kier molecular flexibility index (Phi) is 15.0. The minimum absolute atomic E-state index is 0.0688. The van der Waals surface area contributed by atoms with Gasteiger partial charge in [-0.3, -0.25) is 19.2 Å². The van der Waals surface area contributed by atoms with Crippen molar-refractivity contribution in [1.29, 1.82) is 0 Å². The molecule has 8 rings (SSSR count). The average molecular weight is 1010 g/mol. The van der Waals surface area contributed by atoms with Gasteiger partial charge in [0.25, 0.3) is 16.6 Å². The van der Waals surface area contributed by atoms with E-state index in [1.54, 1.807) is 0 Å². The van der Waals surface area contributed by atoms with Crippen molar-refractivity contribution in [2.45, 2.75) is 134 Å². The predicted molar refractivity (Wildman–Crippen MR) is 268 cm³/mol. The first kappa shape index (κ1) is 51.9. The second kappa shape index (κ2) is 20.6. The Bertz CT molecular complexity index is 2450. The largest absolute Gasteiger partial charge is 0.472 e. The number of epoxide rings is 1. The summed E-state index contributed by atoms with van der Waals surface area (Å²) in [5, 5.41) is 3.26. The highest BCUT2D eigenvalue weighted by atomic mass is 28.4. The van der Waals surface area contributed by atoms with Gasteiger partial charge in [0, 0.05) is 33.6 Å². The van der Waals surface area contributed by atoms with Gasteiger partial charge in [-0.15, -0.1) is 0 Å². The number of carbonyl (C=O) groups is 4. The Morgan fingerprint density at radius 1 is 0.535 bits per heavy atom. The molecule has 2 saturated heterocycles. The van der Waals surface area contributed by atoms with Gasteiger partial charge < -0.3 is 46.7 Å². The molecule has 0 spiro atoms. The van der Waals surface area contributed by atoms with Crippen molar-refractivity contribution in [3.63, 3.8) is 0 Å². The Hall–Kier alpha value is -5.47. The van der Waals surface area contributed by atoms with E-state index in [2.05, 4.69) is 90.1 Å². The van der Waals surface area contributed by atoms with E-state index in [4.69, 9.17) is 46.7 Å². The summed E-state index contributed by atoms with van der Waals surface area (Å²) >= 11 is 0. The number of carbonyl (C=O) groups excluding carboxylic acids is 4. The third kappa shape index (κ3) is 10.0. The van der Waals surface area contributed by atoms with Crippen LogP contribution in [0.25, 0.3) is 0 Å². The standard InChI is InChI=1S/C55H66O14Si2/c1-35(56)63-46-43-31-32-60-51(45(43)55(50(46)69-55)34-62-71(54(8,9)10,41-27-19-13-20-28-41)42-29-21-14-22-30-42)68-52-49(66-38(4)59)48(65-37(3)58)47(64-36(2)57)44(67-52)33-61-70(53(5,6)7,39-23-15-11-16-24-39)40-25-17-12-18-26-40/h11-32,43-52H,33-34H2,1-10H3/t43-,44-,45-,46+,47-,48+,49-,50-,51+,52+,55+/m1/s1. The number of esters is 4. The molecule has 1 saturated carbocycles. The summed E-state index contributed by atoms with van der Waals surface area (Å²) in [6, 6.07) is 40.5. The number of fused-ring (bicyclic) bond motifs is 3. The third-order valence-electron chi connectivity index (χ3n) is 14.1. The first-order valence-electron chi connectivity index (χ1n) is 24.2. The summed E-state index contributed by atoms with van der Waals surface area (Å²) in [5.41, 5.74) is -1.11. The smallest absolute Gasteiger partial charge is 0.303 e. The molecule has 3 fully saturated rings. The highest BCUT2D eigenvalue weighted by molar-refractivity contribution is 7.00. The molecular formula is C55H66O14Si2. The summed E-state index contributed by atoms with van der Waals surface area (Å²) in [5.74, 6) is -3.83. The summed E-state index contributed by atoms with van der Waals surface area (Å²) in [6.07, 6.45) is -6.15. The van der Waals surface area contributed by atoms with Crippen LogP contribution in [0.4, 0.5) is 0 Å². The predicted octanol–water partition coefficient (Wildman–Crippen LogP) is 5.86. The fraction of sp³-hybridized carbons (Fsp3) is 0.455. The van der Waals surface area contributed by atoms with E-state index in [1.807, 2.05) is 78.9 Å². The molecule has 0 unspecified atom stereocenters. The van der Waals surface area contributed by atoms with Crippen LogP contribution in [-0.2, 0) is 65.9 Å². The first-order valence-corrected chi connectivity index (χ1v) is 28.0. The highest BCUT2D eigenvalue weighted by Gasteiger charge is 2.78. The van der Waals surface area contributed by atoms with Crippen molar-refractivity contribution in [2.75, 3.05) is 13.2 Å². The van der Waals surface area contributed by atoms with Crippen LogP contribution >= 0.6 is 0 Å². The minimum Gasteiger partial charge on any atom is -0.472 e. The summed E-state index contributed by atoms with van der Waals surface area (Å²) in [4.78, 5) is 52.0. The monoisotopic (exact) mass is 1010 g/mol. The molecule has 0 aromatic heterocycles. The van der Waals surface area contributed by atoms with Gasteiger partial charge in [0.05, 0.1) is 25.4 Å². The number of hydrogen-bond acceptors (Lipinski definition) is 14. The highest BCUT2D eigenvalue weighted by Crippen LogP contribution is 2.61. The second-order valence-corrected chi connectivity index (χ2v) is 29.4. The normalized spacial score (nSPS) is 28.1. The molecular weight excluding hydrogens is 941 g/mol. The molecule has 71 heavy (non-hydrogen) atoms. The lowest BCUT2D eigenvalue weighted by Crippen LogP contribution is -2.69. The zero-order chi connectivity index (χ0) is 50.9. The van der Waals surface area contributed by atoms with Crippen LogP contribution in [0.1, 0.15) is 69.2 Å². The Balaban J connectivity index is 1.20. The fourth-order valence-corrected chi connectivity index (χ4v) is 20.5. The summed E-state index contributed by atoms with van der Waals surface area (Å²) < 4.78 is 65.8. The number of benzene rings is 4. The van der Waals surface area contributed by atoms with Crippen LogP contribution in [0.2, 0.25) is 10.1 Å². The number of rotatable bonds is 16. The van der Waals surface area contributed by atoms with Gasteiger partial charge in [0.15, 0.2) is 18.3 Å². The van der Waals surface area contributed by atoms with E-state index >= 15 is 0 Å². The molecule has 1 aliphatic carbocycles. The molecule has 0 amide bonds. The van der Waals surface area contributed by atoms with Crippen molar-refractivity contribution in [3.05, 3.63) is 134 Å². The molecule has 0 bridgehead atoms. The first-order chi connectivity index (χ1) is 33.7. The number of ether oxygens (including phenoxy) is 8. The zero-order valence-corrected chi connectivity index (χ0v) is 44.1. The van der Waals surface area contributed by atoms with E-state index in [1.165, 1.54) is 34.0 Å². The van der Waals surface area contributed by atoms with Crippen LogP contribution in [-0.4, -0.2) is 109 Å². The lowest BCUT2D eigenvalue weighted by molar-refractivity contribution is -0.346. The van der Waals surface area contributed by atoms with Gasteiger partial charge in [-0.2, -0.15) is 0 Å². The van der Waals surface area contributed by atoms with Crippen molar-refractivity contribution in [3.8, 4) is 0 Å². The summed E-state index contributed by atoms with van der Waals surface area (Å²) in [6.45, 7) is 17.8. The maximum Gasteiger partial charge on any atom is 0.303 e. The fourth-order valence-electron chi connectivity index (χ4n) is 11.3. The molecule has 3 heterocycles. The van der Waals surface area contributed by atoms with Crippen molar-refractivity contribution < 1.29 is 65.9 Å². The van der Waals surface area contributed by atoms with E-state index in [0.29, 0.717) is 0 Å². The van der Waals surface area contributed by atoms with Gasteiger partial charge in [-0.1, -0.05) is 163 Å². The van der Waals surface area contributed by atoms with Crippen LogP contribution in [0.15, 0.2) is 134 Å². The molecule has 4 aliphatic rings. The number of hydrogen-bond donors (Lipinski definition) is 0. The lowest BCUT2D eigenvalue weighted by atomic mass is 9.85. The maximum absolute atomic E-state index is 13.1. The molecule has 3 aliphatic heterocycles. The molecule has 14 nitrogen and oxygen atoms in total. The molecule has 11 atom stereocenters. The van der Waals surface area contributed by atoms with E-state index < -0.39 is 112 Å². The van der Waals surface area contributed by atoms with Crippen LogP contribution in [0.5, 0.6) is 0 Å². The Morgan fingerprint density at radius 2 is 0.944 bits per heavy atom. The minimum atomic E-state index is -3.26. The van der Waals surface area contributed by atoms with Gasteiger partial charge >= 0.3 is 23.9 Å². The maximum atomic E-state index is 13.1. The van der Waals surface area contributed by atoms with E-state index in [9.17, 15) is 19.2 Å². The van der Waals surface area contributed by atoms with Crippen molar-refractivity contribution in [2.24, 2.45) is 11.8 Å². The molecule has 0 N–H and O–H groups in total. The van der Waals surface area contributed by atoms with E-state index in [-0.39, 0.29) is 18.3 Å². The van der Waals surface area contributed by atoms with Gasteiger partial charge in [0.2, 0.25) is 12.6 Å². The second-order valence-electron chi connectivity index (χ2n) is 20.8. The molecule has 4 aromatic rings. The molecule has 0 radical (unpaired) electrons. The van der Waals surface area contributed by atoms with Gasteiger partial charge in [-0.05, 0) is 36.9 Å². The van der Waals surface area contributed by atoms with Crippen molar-refractivity contribution >= 4 is 61.3 Å². The SMILES string of the molecule is CC(=O)O[C@@H]1[C@@H](OC(C)=O)[C@H](O[C@@H]2OC=C[C@H]3[C@H](OC(C)=O)[C@H]4O[C@@]4(CO[Si](c4ccccc4)(c4ccccc4)C(C)(C)C)[C@@H]23)O[C@H](CO[Si](c2ccccc2)(c2ccccc2)C(C)(C)C)[C@H]1OC(C)=O. The van der Waals surface area contributed by atoms with Gasteiger partial charge in [-0.25, -0.2) is 0 Å². The topological polar surface area (TPSA) is 164 Å². The molecule has 4 aromatic carbocycles. The summed E-state index contributed by atoms with van der Waals surface area (Å²) in [7, 11) is -6.42. The molecule has 378 valence electrons. The van der Waals surface area contributed by atoms with Crippen LogP contribution in [0, 0.1) is 11.8 Å². The lowest BCUT2D eigenvalue weighted by Gasteiger charge is -2.48. The van der Waals surface area contributed by atoms with Gasteiger partial charge in [0.1, 0.15) is 23.9 Å². The van der Waals surface area contributed by atoms with Crippen molar-refractivity contribution in [1.82, 2.24) is 0 Å². The molecule has 16 heteroatoms. The average Bonchev–Trinajstić information content (AvgIpc) is 3.99. The zero-order valence-electron chi connectivity index (χ0n) is 42.1.